The van der Waals surface area contributed by atoms with Gasteiger partial charge in [-0.1, -0.05) is 6.07 Å². The van der Waals surface area contributed by atoms with Crippen LogP contribution in [0.5, 0.6) is 5.75 Å². The fourth-order valence-electron chi connectivity index (χ4n) is 2.93. The Morgan fingerprint density at radius 2 is 2.15 bits per heavy atom. The van der Waals surface area contributed by atoms with Gasteiger partial charge in [0, 0.05) is 50.1 Å². The summed E-state index contributed by atoms with van der Waals surface area (Å²) in [6.07, 6.45) is 6.07. The lowest BCUT2D eigenvalue weighted by atomic mass is 10.1. The number of hydrogen-bond donors (Lipinski definition) is 0. The van der Waals surface area contributed by atoms with Crippen LogP contribution in [0.3, 0.4) is 0 Å². The van der Waals surface area contributed by atoms with Crippen molar-refractivity contribution in [2.24, 2.45) is 0 Å². The summed E-state index contributed by atoms with van der Waals surface area (Å²) in [6.45, 7) is 6.48. The number of aromatic nitrogens is 1. The van der Waals surface area contributed by atoms with E-state index in [1.807, 2.05) is 41.5 Å². The van der Waals surface area contributed by atoms with Gasteiger partial charge >= 0.3 is 0 Å². The van der Waals surface area contributed by atoms with Crippen LogP contribution in [0.4, 0.5) is 0 Å². The lowest BCUT2D eigenvalue weighted by Crippen LogP contribution is -2.48. The summed E-state index contributed by atoms with van der Waals surface area (Å²) in [6, 6.07) is 7.38. The first-order chi connectivity index (χ1) is 12.7. The zero-order chi connectivity index (χ0) is 18.4. The van der Waals surface area contributed by atoms with Crippen molar-refractivity contribution in [3.8, 4) is 18.1 Å². The van der Waals surface area contributed by atoms with Gasteiger partial charge in [-0.15, -0.1) is 23.7 Å². The molecule has 0 unspecified atom stereocenters. The van der Waals surface area contributed by atoms with Gasteiger partial charge < -0.3 is 9.64 Å². The van der Waals surface area contributed by atoms with Crippen LogP contribution in [-0.2, 0) is 6.61 Å². The molecule has 0 bridgehead atoms. The maximum absolute atomic E-state index is 12.8. The summed E-state index contributed by atoms with van der Waals surface area (Å²) < 4.78 is 5.79. The van der Waals surface area contributed by atoms with Gasteiger partial charge in [-0.25, -0.2) is 4.98 Å². The number of amides is 1. The quantitative estimate of drug-likeness (QED) is 0.735. The van der Waals surface area contributed by atoms with E-state index in [0.29, 0.717) is 17.9 Å². The van der Waals surface area contributed by atoms with E-state index < -0.39 is 0 Å². The molecule has 0 aliphatic carbocycles. The van der Waals surface area contributed by atoms with Crippen LogP contribution < -0.4 is 4.74 Å². The van der Waals surface area contributed by atoms with Crippen LogP contribution in [0.1, 0.15) is 27.5 Å². The Hall–Kier alpha value is -2.36. The average molecular weight is 369 g/mol. The van der Waals surface area contributed by atoms with Crippen molar-refractivity contribution in [2.75, 3.05) is 32.7 Å². The number of benzene rings is 1. The van der Waals surface area contributed by atoms with Crippen LogP contribution in [0, 0.1) is 19.3 Å². The van der Waals surface area contributed by atoms with Gasteiger partial charge in [0.05, 0.1) is 10.7 Å². The molecule has 1 fully saturated rings. The molecule has 136 valence electrons. The molecule has 26 heavy (non-hydrogen) atoms. The van der Waals surface area contributed by atoms with Crippen LogP contribution in [0.25, 0.3) is 0 Å². The van der Waals surface area contributed by atoms with Crippen LogP contribution in [-0.4, -0.2) is 53.4 Å². The predicted molar refractivity (Wildman–Crippen MR) is 103 cm³/mol. The molecule has 1 aromatic heterocycles. The van der Waals surface area contributed by atoms with Crippen LogP contribution >= 0.6 is 11.3 Å². The molecule has 1 aromatic carbocycles. The first kappa shape index (κ1) is 18.4. The van der Waals surface area contributed by atoms with Crippen molar-refractivity contribution in [2.45, 2.75) is 20.0 Å². The highest BCUT2D eigenvalue weighted by atomic mass is 32.1. The molecule has 0 atom stereocenters. The fourth-order valence-corrected chi connectivity index (χ4v) is 3.53. The number of ether oxygens (including phenoxy) is 1. The zero-order valence-electron chi connectivity index (χ0n) is 15.0. The first-order valence-electron chi connectivity index (χ1n) is 8.74. The predicted octanol–water partition coefficient (Wildman–Crippen LogP) is 2.81. The Balaban J connectivity index is 1.55. The number of thiazole rings is 1. The Labute approximate surface area is 158 Å². The smallest absolute Gasteiger partial charge is 0.254 e. The minimum Gasteiger partial charge on any atom is -0.487 e. The van der Waals surface area contributed by atoms with Gasteiger partial charge in [-0.05, 0) is 25.1 Å². The molecular formula is C20H23N3O2S. The summed E-state index contributed by atoms with van der Waals surface area (Å²) in [5, 5.41) is 3.01. The second-order valence-corrected chi connectivity index (χ2v) is 7.32. The molecule has 1 aliphatic heterocycles. The third-order valence-electron chi connectivity index (χ3n) is 4.37. The first-order valence-corrected chi connectivity index (χ1v) is 9.62. The number of aryl methyl sites for hydroxylation is 1. The van der Waals surface area contributed by atoms with E-state index in [1.54, 1.807) is 11.3 Å². The summed E-state index contributed by atoms with van der Waals surface area (Å²) in [4.78, 5) is 21.3. The Bertz CT molecular complexity index is 788. The molecule has 1 amide bonds. The zero-order valence-corrected chi connectivity index (χ0v) is 15.8. The topological polar surface area (TPSA) is 45.7 Å². The third kappa shape index (κ3) is 4.84. The number of carbonyl (C=O) groups excluding carboxylic acids is 1. The van der Waals surface area contributed by atoms with E-state index in [-0.39, 0.29) is 5.91 Å². The Morgan fingerprint density at radius 1 is 1.35 bits per heavy atom. The monoisotopic (exact) mass is 369 g/mol. The van der Waals surface area contributed by atoms with Crippen molar-refractivity contribution in [1.29, 1.82) is 0 Å². The third-order valence-corrected chi connectivity index (χ3v) is 5.19. The number of rotatable bonds is 6. The maximum atomic E-state index is 12.8. The fraction of sp³-hybridized carbons (Fsp3) is 0.400. The standard InChI is InChI=1S/C20H23N3O2S/c1-3-4-8-22-9-11-23(12-10-22)20(24)17-6-5-7-19(13-17)25-14-18-15-26-16(2)21-18/h1,5-7,13,15H,4,8-12,14H2,2H3. The molecule has 5 nitrogen and oxygen atoms in total. The Morgan fingerprint density at radius 3 is 2.85 bits per heavy atom. The van der Waals surface area contributed by atoms with E-state index >= 15 is 0 Å². The molecule has 0 saturated carbocycles. The molecule has 2 heterocycles. The molecule has 1 saturated heterocycles. The second kappa shape index (κ2) is 8.84. The molecule has 1 aliphatic rings. The number of nitrogens with zero attached hydrogens (tertiary/aromatic N) is 3. The van der Waals surface area contributed by atoms with Crippen molar-refractivity contribution in [1.82, 2.24) is 14.8 Å². The minimum absolute atomic E-state index is 0.0524. The normalized spacial score (nSPS) is 14.8. The second-order valence-electron chi connectivity index (χ2n) is 6.26. The van der Waals surface area contributed by atoms with Crippen molar-refractivity contribution in [3.63, 3.8) is 0 Å². The van der Waals surface area contributed by atoms with Gasteiger partial charge in [-0.3, -0.25) is 9.69 Å². The average Bonchev–Trinajstić information content (AvgIpc) is 3.10. The van der Waals surface area contributed by atoms with E-state index in [9.17, 15) is 4.79 Å². The van der Waals surface area contributed by atoms with Crippen LogP contribution in [0.15, 0.2) is 29.6 Å². The van der Waals surface area contributed by atoms with Gasteiger partial charge in [0.25, 0.3) is 5.91 Å². The van der Waals surface area contributed by atoms with Crippen molar-refractivity contribution in [3.05, 3.63) is 45.9 Å². The Kier molecular flexibility index (Phi) is 6.26. The van der Waals surface area contributed by atoms with Gasteiger partial charge in [0.15, 0.2) is 0 Å². The largest absolute Gasteiger partial charge is 0.487 e. The molecule has 3 rings (SSSR count). The van der Waals surface area contributed by atoms with E-state index in [1.165, 1.54) is 0 Å². The summed E-state index contributed by atoms with van der Waals surface area (Å²) in [5.41, 5.74) is 1.57. The number of carbonyl (C=O) groups is 1. The van der Waals surface area contributed by atoms with E-state index in [2.05, 4.69) is 15.8 Å². The lowest BCUT2D eigenvalue weighted by Gasteiger charge is -2.34. The molecular weight excluding hydrogens is 346 g/mol. The molecule has 0 N–H and O–H groups in total. The number of hydrogen-bond acceptors (Lipinski definition) is 5. The highest BCUT2D eigenvalue weighted by molar-refractivity contribution is 7.09. The summed E-state index contributed by atoms with van der Waals surface area (Å²) in [5.74, 6) is 3.41. The van der Waals surface area contributed by atoms with Gasteiger partial charge in [0.1, 0.15) is 12.4 Å². The molecule has 0 spiro atoms. The summed E-state index contributed by atoms with van der Waals surface area (Å²) in [7, 11) is 0. The lowest BCUT2D eigenvalue weighted by molar-refractivity contribution is 0.0639. The molecule has 6 heteroatoms. The minimum atomic E-state index is 0.0524. The maximum Gasteiger partial charge on any atom is 0.254 e. The molecule has 0 radical (unpaired) electrons. The molecule has 2 aromatic rings. The SMILES string of the molecule is C#CCCN1CCN(C(=O)c2cccc(OCc3csc(C)n3)c2)CC1. The van der Waals surface area contributed by atoms with Crippen LogP contribution in [0.2, 0.25) is 0 Å². The van der Waals surface area contributed by atoms with Gasteiger partial charge in [0.2, 0.25) is 0 Å². The number of piperazine rings is 1. The summed E-state index contributed by atoms with van der Waals surface area (Å²) >= 11 is 1.60. The van der Waals surface area contributed by atoms with Crippen molar-refractivity contribution >= 4 is 17.2 Å². The number of terminal acetylenes is 1. The highest BCUT2D eigenvalue weighted by Crippen LogP contribution is 2.18. The van der Waals surface area contributed by atoms with Gasteiger partial charge in [-0.2, -0.15) is 0 Å². The van der Waals surface area contributed by atoms with Crippen molar-refractivity contribution < 1.29 is 9.53 Å². The highest BCUT2D eigenvalue weighted by Gasteiger charge is 2.22. The van der Waals surface area contributed by atoms with E-state index in [0.717, 1.165) is 49.8 Å². The van der Waals surface area contributed by atoms with E-state index in [4.69, 9.17) is 11.2 Å².